The first-order chi connectivity index (χ1) is 17.6. The third-order valence-corrected chi connectivity index (χ3v) is 9.76. The highest BCUT2D eigenvalue weighted by molar-refractivity contribution is 7.89. The lowest BCUT2D eigenvalue weighted by molar-refractivity contribution is 0.0926. The molecule has 0 radical (unpaired) electrons. The number of sulfonamides is 2. The standard InChI is InChI=1S/C28H34N2O5S2/c1-22(2)25-12-10-24(11-13-25)20-30(21-26-9-6-18-35-26)37(33,34)28-16-14-27(15-17-28)36(31,32)29-19-23-7-4-3-5-8-23/h3-5,7-8,10-17,22,26,29H,6,9,18-21H2,1-2H3/t26-/m1/s1. The van der Waals surface area contributed by atoms with E-state index in [1.807, 2.05) is 54.6 Å². The van der Waals surface area contributed by atoms with Crippen LogP contribution in [-0.4, -0.2) is 40.4 Å². The maximum atomic E-state index is 13.7. The number of nitrogens with zero attached hydrogens (tertiary/aromatic N) is 1. The van der Waals surface area contributed by atoms with Gasteiger partial charge in [0.1, 0.15) is 0 Å². The Morgan fingerprint density at radius 2 is 1.51 bits per heavy atom. The molecule has 0 aromatic heterocycles. The third-order valence-electron chi connectivity index (χ3n) is 6.52. The Kier molecular flexibility index (Phi) is 8.82. The summed E-state index contributed by atoms with van der Waals surface area (Å²) in [6.07, 6.45) is 1.55. The average Bonchev–Trinajstić information content (AvgIpc) is 3.41. The second-order valence-corrected chi connectivity index (χ2v) is 13.3. The highest BCUT2D eigenvalue weighted by atomic mass is 32.2. The van der Waals surface area contributed by atoms with Crippen LogP contribution in [0.15, 0.2) is 88.7 Å². The summed E-state index contributed by atoms with van der Waals surface area (Å²) in [5.74, 6) is 0.387. The second kappa shape index (κ2) is 11.9. The lowest BCUT2D eigenvalue weighted by Gasteiger charge is -2.25. The van der Waals surface area contributed by atoms with Crippen LogP contribution >= 0.6 is 0 Å². The molecule has 3 aromatic carbocycles. The molecule has 1 N–H and O–H groups in total. The van der Waals surface area contributed by atoms with Gasteiger partial charge >= 0.3 is 0 Å². The molecule has 37 heavy (non-hydrogen) atoms. The van der Waals surface area contributed by atoms with E-state index < -0.39 is 20.0 Å². The zero-order valence-electron chi connectivity index (χ0n) is 21.2. The van der Waals surface area contributed by atoms with Crippen molar-refractivity contribution >= 4 is 20.0 Å². The minimum atomic E-state index is -3.89. The SMILES string of the molecule is CC(C)c1ccc(CN(C[C@H]2CCCO2)S(=O)(=O)c2ccc(S(=O)(=O)NCc3ccccc3)cc2)cc1. The van der Waals surface area contributed by atoms with Crippen LogP contribution in [0.25, 0.3) is 0 Å². The van der Waals surface area contributed by atoms with Gasteiger partial charge < -0.3 is 4.74 Å². The zero-order valence-corrected chi connectivity index (χ0v) is 22.8. The molecule has 1 fully saturated rings. The second-order valence-electron chi connectivity index (χ2n) is 9.61. The highest BCUT2D eigenvalue weighted by Gasteiger charge is 2.30. The van der Waals surface area contributed by atoms with Gasteiger partial charge in [-0.05, 0) is 59.7 Å². The molecule has 0 unspecified atom stereocenters. The molecule has 198 valence electrons. The molecule has 3 aromatic rings. The number of hydrogen-bond acceptors (Lipinski definition) is 5. The maximum absolute atomic E-state index is 13.7. The van der Waals surface area contributed by atoms with Gasteiger partial charge in [-0.15, -0.1) is 0 Å². The van der Waals surface area contributed by atoms with E-state index in [0.29, 0.717) is 12.5 Å². The average molecular weight is 543 g/mol. The van der Waals surface area contributed by atoms with E-state index >= 15 is 0 Å². The van der Waals surface area contributed by atoms with Crippen molar-refractivity contribution in [3.63, 3.8) is 0 Å². The van der Waals surface area contributed by atoms with Gasteiger partial charge in [0.05, 0.1) is 15.9 Å². The zero-order chi connectivity index (χ0) is 26.5. The van der Waals surface area contributed by atoms with E-state index in [4.69, 9.17) is 4.74 Å². The molecule has 1 atom stereocenters. The highest BCUT2D eigenvalue weighted by Crippen LogP contribution is 2.24. The number of nitrogens with one attached hydrogen (secondary N) is 1. The molecule has 0 amide bonds. The third kappa shape index (κ3) is 7.06. The summed E-state index contributed by atoms with van der Waals surface area (Å²) in [5, 5.41) is 0. The number of hydrogen-bond donors (Lipinski definition) is 1. The molecule has 1 aliphatic heterocycles. The minimum Gasteiger partial charge on any atom is -0.377 e. The van der Waals surface area contributed by atoms with Crippen LogP contribution in [0, 0.1) is 0 Å². The predicted molar refractivity (Wildman–Crippen MR) is 144 cm³/mol. The molecular formula is C28H34N2O5S2. The Labute approximate surface area is 220 Å². The van der Waals surface area contributed by atoms with Gasteiger partial charge in [-0.2, -0.15) is 4.31 Å². The van der Waals surface area contributed by atoms with Crippen molar-refractivity contribution in [3.05, 3.63) is 95.6 Å². The van der Waals surface area contributed by atoms with Crippen molar-refractivity contribution in [1.82, 2.24) is 9.03 Å². The van der Waals surface area contributed by atoms with Crippen LogP contribution in [0.5, 0.6) is 0 Å². The molecule has 0 aliphatic carbocycles. The molecule has 1 aliphatic rings. The van der Waals surface area contributed by atoms with E-state index in [9.17, 15) is 16.8 Å². The topological polar surface area (TPSA) is 92.8 Å². The fourth-order valence-electron chi connectivity index (χ4n) is 4.27. The van der Waals surface area contributed by atoms with Gasteiger partial charge in [0.15, 0.2) is 0 Å². The molecule has 7 nitrogen and oxygen atoms in total. The quantitative estimate of drug-likeness (QED) is 0.381. The van der Waals surface area contributed by atoms with Gasteiger partial charge in [-0.1, -0.05) is 68.4 Å². The van der Waals surface area contributed by atoms with Crippen LogP contribution in [0.2, 0.25) is 0 Å². The Bertz CT molecular complexity index is 1370. The van der Waals surface area contributed by atoms with Crippen molar-refractivity contribution in [2.45, 2.75) is 61.6 Å². The molecule has 0 spiro atoms. The van der Waals surface area contributed by atoms with Crippen molar-refractivity contribution < 1.29 is 21.6 Å². The number of rotatable bonds is 11. The fourth-order valence-corrected chi connectivity index (χ4v) is 6.75. The number of ether oxygens (including phenoxy) is 1. The van der Waals surface area contributed by atoms with Gasteiger partial charge in [0.2, 0.25) is 20.0 Å². The molecule has 4 rings (SSSR count). The van der Waals surface area contributed by atoms with E-state index in [1.165, 1.54) is 34.1 Å². The molecule has 1 saturated heterocycles. The van der Waals surface area contributed by atoms with Crippen LogP contribution < -0.4 is 4.72 Å². The molecule has 0 bridgehead atoms. The summed E-state index contributed by atoms with van der Waals surface area (Å²) < 4.78 is 62.6. The molecule has 9 heteroatoms. The van der Waals surface area contributed by atoms with Gasteiger partial charge in [-0.25, -0.2) is 21.6 Å². The van der Waals surface area contributed by atoms with E-state index in [2.05, 4.69) is 18.6 Å². The maximum Gasteiger partial charge on any atom is 0.243 e. The van der Waals surface area contributed by atoms with Gasteiger partial charge in [0, 0.05) is 26.2 Å². The van der Waals surface area contributed by atoms with E-state index in [0.717, 1.165) is 24.0 Å². The summed E-state index contributed by atoms with van der Waals surface area (Å²) in [6, 6.07) is 22.6. The first kappa shape index (κ1) is 27.5. The summed E-state index contributed by atoms with van der Waals surface area (Å²) in [4.78, 5) is 0.0589. The first-order valence-corrected chi connectivity index (χ1v) is 15.4. The lowest BCUT2D eigenvalue weighted by Crippen LogP contribution is -2.37. The fraction of sp³-hybridized carbons (Fsp3) is 0.357. The van der Waals surface area contributed by atoms with E-state index in [1.54, 1.807) is 0 Å². The predicted octanol–water partition coefficient (Wildman–Crippen LogP) is 4.66. The Morgan fingerprint density at radius 3 is 2.11 bits per heavy atom. The monoisotopic (exact) mass is 542 g/mol. The Balaban J connectivity index is 1.53. The van der Waals surface area contributed by atoms with Crippen LogP contribution in [0.1, 0.15) is 49.3 Å². The number of benzene rings is 3. The van der Waals surface area contributed by atoms with Crippen LogP contribution in [-0.2, 0) is 37.9 Å². The first-order valence-electron chi connectivity index (χ1n) is 12.5. The summed E-state index contributed by atoms with van der Waals surface area (Å²) >= 11 is 0. The normalized spacial score (nSPS) is 16.5. The summed E-state index contributed by atoms with van der Waals surface area (Å²) in [5.41, 5.74) is 2.90. The Morgan fingerprint density at radius 1 is 0.865 bits per heavy atom. The van der Waals surface area contributed by atoms with Crippen LogP contribution in [0.4, 0.5) is 0 Å². The molecule has 0 saturated carbocycles. The summed E-state index contributed by atoms with van der Waals surface area (Å²) in [7, 11) is -7.69. The van der Waals surface area contributed by atoms with Crippen molar-refractivity contribution in [1.29, 1.82) is 0 Å². The molecule has 1 heterocycles. The van der Waals surface area contributed by atoms with Crippen molar-refractivity contribution in [2.24, 2.45) is 0 Å². The van der Waals surface area contributed by atoms with Crippen LogP contribution in [0.3, 0.4) is 0 Å². The Hall–Kier alpha value is -2.56. The lowest BCUT2D eigenvalue weighted by atomic mass is 10.0. The van der Waals surface area contributed by atoms with E-state index in [-0.39, 0.29) is 35.5 Å². The van der Waals surface area contributed by atoms with Crippen molar-refractivity contribution in [3.8, 4) is 0 Å². The van der Waals surface area contributed by atoms with Gasteiger partial charge in [0.25, 0.3) is 0 Å². The minimum absolute atomic E-state index is 0.0114. The van der Waals surface area contributed by atoms with Crippen molar-refractivity contribution in [2.75, 3.05) is 13.2 Å². The smallest absolute Gasteiger partial charge is 0.243 e. The summed E-state index contributed by atoms with van der Waals surface area (Å²) in [6.45, 7) is 5.46. The molecular weight excluding hydrogens is 508 g/mol. The van der Waals surface area contributed by atoms with Gasteiger partial charge in [-0.3, -0.25) is 0 Å². The largest absolute Gasteiger partial charge is 0.377 e.